The number of rotatable bonds is 2. The number of ketones is 1. The van der Waals surface area contributed by atoms with E-state index >= 15 is 0 Å². The molecule has 0 saturated heterocycles. The summed E-state index contributed by atoms with van der Waals surface area (Å²) in [5.74, 6) is 0.699. The third kappa shape index (κ3) is 2.21. The van der Waals surface area contributed by atoms with Gasteiger partial charge in [0.1, 0.15) is 16.7 Å². The van der Waals surface area contributed by atoms with Crippen LogP contribution in [0.3, 0.4) is 0 Å². The number of ether oxygens (including phenoxy) is 1. The molecule has 0 aliphatic carbocycles. The van der Waals surface area contributed by atoms with Crippen LogP contribution in [0.1, 0.15) is 20.7 Å². The molecule has 0 fully saturated rings. The molecule has 0 aromatic heterocycles. The van der Waals surface area contributed by atoms with Gasteiger partial charge in [-0.15, -0.1) is 0 Å². The second kappa shape index (κ2) is 5.34. The Morgan fingerprint density at radius 2 is 1.70 bits per heavy atom. The number of carbonyl (C=O) groups is 1. The third-order valence-corrected chi connectivity index (χ3v) is 6.41. The van der Waals surface area contributed by atoms with E-state index in [4.69, 9.17) is 4.74 Å². The Balaban J connectivity index is 2.00. The SMILES string of the molecule is O=C1c2ccccc2OC[C@]1(Br)[C@@H](Br)c1ccccc1. The fourth-order valence-electron chi connectivity index (χ4n) is 2.33. The van der Waals surface area contributed by atoms with Gasteiger partial charge in [0.25, 0.3) is 0 Å². The number of alkyl halides is 2. The zero-order chi connectivity index (χ0) is 14.2. The van der Waals surface area contributed by atoms with E-state index in [2.05, 4.69) is 31.9 Å². The molecule has 2 aromatic carbocycles. The standard InChI is InChI=1S/C16H12Br2O2/c17-14(11-6-2-1-3-7-11)16(18)10-20-13-9-5-4-8-12(13)15(16)19/h1-9,14H,10H2/t14-,16-/m0/s1. The Morgan fingerprint density at radius 1 is 1.05 bits per heavy atom. The van der Waals surface area contributed by atoms with Crippen LogP contribution in [0.15, 0.2) is 54.6 Å². The van der Waals surface area contributed by atoms with Crippen LogP contribution in [-0.2, 0) is 0 Å². The van der Waals surface area contributed by atoms with Crippen LogP contribution < -0.4 is 4.74 Å². The molecule has 0 spiro atoms. The maximum Gasteiger partial charge on any atom is 0.188 e. The predicted molar refractivity (Wildman–Crippen MR) is 86.0 cm³/mol. The van der Waals surface area contributed by atoms with Crippen molar-refractivity contribution in [2.75, 3.05) is 6.61 Å². The highest BCUT2D eigenvalue weighted by atomic mass is 79.9. The molecule has 1 aliphatic rings. The molecule has 4 heteroatoms. The second-order valence-electron chi connectivity index (χ2n) is 4.75. The Bertz CT molecular complexity index is 642. The van der Waals surface area contributed by atoms with E-state index in [9.17, 15) is 4.79 Å². The van der Waals surface area contributed by atoms with Gasteiger partial charge in [-0.3, -0.25) is 4.79 Å². The van der Waals surface area contributed by atoms with E-state index in [-0.39, 0.29) is 10.6 Å². The molecule has 1 aliphatic heterocycles. The summed E-state index contributed by atoms with van der Waals surface area (Å²) in [6, 6.07) is 17.2. The van der Waals surface area contributed by atoms with Gasteiger partial charge in [-0.05, 0) is 17.7 Å². The Labute approximate surface area is 134 Å². The van der Waals surface area contributed by atoms with Crippen molar-refractivity contribution >= 4 is 37.6 Å². The molecule has 2 atom stereocenters. The minimum Gasteiger partial charge on any atom is -0.491 e. The minimum absolute atomic E-state index is 0.0464. The summed E-state index contributed by atoms with van der Waals surface area (Å²) < 4.78 is 4.97. The number of benzene rings is 2. The van der Waals surface area contributed by atoms with Crippen LogP contribution in [0.5, 0.6) is 5.75 Å². The molecule has 2 nitrogen and oxygen atoms in total. The molecule has 0 N–H and O–H groups in total. The first-order chi connectivity index (χ1) is 9.63. The van der Waals surface area contributed by atoms with Crippen molar-refractivity contribution in [3.05, 3.63) is 65.7 Å². The molecule has 3 rings (SSSR count). The van der Waals surface area contributed by atoms with Gasteiger partial charge >= 0.3 is 0 Å². The zero-order valence-electron chi connectivity index (χ0n) is 10.6. The number of fused-ring (bicyclic) bond motifs is 1. The first-order valence-corrected chi connectivity index (χ1v) is 7.98. The number of hydrogen-bond acceptors (Lipinski definition) is 2. The van der Waals surface area contributed by atoms with Gasteiger partial charge in [-0.25, -0.2) is 0 Å². The first kappa shape index (κ1) is 13.8. The van der Waals surface area contributed by atoms with Gasteiger partial charge in [0.05, 0.1) is 10.4 Å². The molecule has 102 valence electrons. The first-order valence-electron chi connectivity index (χ1n) is 6.27. The average Bonchev–Trinajstić information content (AvgIpc) is 2.51. The van der Waals surface area contributed by atoms with Crippen LogP contribution in [0, 0.1) is 0 Å². The Hall–Kier alpha value is -1.13. The van der Waals surface area contributed by atoms with Gasteiger partial charge in [-0.2, -0.15) is 0 Å². The fraction of sp³-hybridized carbons (Fsp3) is 0.188. The molecule has 0 unspecified atom stereocenters. The van der Waals surface area contributed by atoms with Crippen molar-refractivity contribution in [2.24, 2.45) is 0 Å². The summed E-state index contributed by atoms with van der Waals surface area (Å²) in [6.45, 7) is 0.299. The smallest absolute Gasteiger partial charge is 0.188 e. The van der Waals surface area contributed by atoms with E-state index in [1.165, 1.54) is 0 Å². The predicted octanol–water partition coefficient (Wildman–Crippen LogP) is 4.53. The monoisotopic (exact) mass is 394 g/mol. The quantitative estimate of drug-likeness (QED) is 0.698. The summed E-state index contributed by atoms with van der Waals surface area (Å²) in [7, 11) is 0. The lowest BCUT2D eigenvalue weighted by Gasteiger charge is -2.35. The van der Waals surface area contributed by atoms with E-state index in [0.717, 1.165) is 5.56 Å². The van der Waals surface area contributed by atoms with Crippen LogP contribution in [0.4, 0.5) is 0 Å². The van der Waals surface area contributed by atoms with Crippen molar-refractivity contribution in [3.8, 4) is 5.75 Å². The molecule has 20 heavy (non-hydrogen) atoms. The van der Waals surface area contributed by atoms with Crippen LogP contribution in [0.2, 0.25) is 0 Å². The summed E-state index contributed by atoms with van der Waals surface area (Å²) in [5, 5.41) is 0. The van der Waals surface area contributed by atoms with Crippen molar-refractivity contribution in [3.63, 3.8) is 0 Å². The number of carbonyl (C=O) groups excluding carboxylic acids is 1. The average molecular weight is 396 g/mol. The van der Waals surface area contributed by atoms with Crippen LogP contribution in [-0.4, -0.2) is 16.7 Å². The molecule has 1 heterocycles. The summed E-state index contributed by atoms with van der Waals surface area (Å²) in [4.78, 5) is 12.6. The van der Waals surface area contributed by atoms with Crippen LogP contribution >= 0.6 is 31.9 Å². The van der Waals surface area contributed by atoms with Gasteiger partial charge in [0.2, 0.25) is 0 Å². The summed E-state index contributed by atoms with van der Waals surface area (Å²) in [5.41, 5.74) is 1.66. The van der Waals surface area contributed by atoms with Crippen molar-refractivity contribution in [1.29, 1.82) is 0 Å². The van der Waals surface area contributed by atoms with Crippen molar-refractivity contribution in [2.45, 2.75) is 9.15 Å². The maximum atomic E-state index is 12.8. The van der Waals surface area contributed by atoms with E-state index in [0.29, 0.717) is 17.9 Å². The number of hydrogen-bond donors (Lipinski definition) is 0. The molecular formula is C16H12Br2O2. The maximum absolute atomic E-state index is 12.8. The number of Topliss-reactive ketones (excluding diaryl/α,β-unsaturated/α-hetero) is 1. The van der Waals surface area contributed by atoms with Crippen molar-refractivity contribution in [1.82, 2.24) is 0 Å². The molecule has 2 aromatic rings. The Kier molecular flexibility index (Phi) is 3.69. The highest BCUT2D eigenvalue weighted by Crippen LogP contribution is 2.46. The highest BCUT2D eigenvalue weighted by molar-refractivity contribution is 9.12. The van der Waals surface area contributed by atoms with Crippen LogP contribution in [0.25, 0.3) is 0 Å². The Morgan fingerprint density at radius 3 is 2.45 bits per heavy atom. The lowest BCUT2D eigenvalue weighted by Crippen LogP contribution is -2.45. The summed E-state index contributed by atoms with van der Waals surface area (Å²) >= 11 is 7.26. The fourth-order valence-corrected chi connectivity index (χ4v) is 3.56. The van der Waals surface area contributed by atoms with Crippen molar-refractivity contribution < 1.29 is 9.53 Å². The summed E-state index contributed by atoms with van der Waals surface area (Å²) in [6.07, 6.45) is 0. The van der Waals surface area contributed by atoms with Gasteiger partial charge in [-0.1, -0.05) is 74.3 Å². The molecule has 0 bridgehead atoms. The lowest BCUT2D eigenvalue weighted by atomic mass is 9.89. The lowest BCUT2D eigenvalue weighted by molar-refractivity contribution is 0.0873. The molecule has 0 saturated carbocycles. The topological polar surface area (TPSA) is 26.3 Å². The number of para-hydroxylation sites is 1. The number of halogens is 2. The normalized spacial score (nSPS) is 22.8. The van der Waals surface area contributed by atoms with Gasteiger partial charge in [0.15, 0.2) is 5.78 Å². The molecule has 0 radical (unpaired) electrons. The minimum atomic E-state index is -0.789. The van der Waals surface area contributed by atoms with Gasteiger partial charge < -0.3 is 4.74 Å². The molecule has 0 amide bonds. The second-order valence-corrected chi connectivity index (χ2v) is 7.08. The highest BCUT2D eigenvalue weighted by Gasteiger charge is 2.47. The van der Waals surface area contributed by atoms with Gasteiger partial charge in [0, 0.05) is 0 Å². The van der Waals surface area contributed by atoms with E-state index in [1.807, 2.05) is 48.5 Å². The van der Waals surface area contributed by atoms with E-state index in [1.54, 1.807) is 6.07 Å². The van der Waals surface area contributed by atoms with E-state index < -0.39 is 4.32 Å². The molecular weight excluding hydrogens is 384 g/mol. The third-order valence-electron chi connectivity index (χ3n) is 3.44. The zero-order valence-corrected chi connectivity index (χ0v) is 13.7. The largest absolute Gasteiger partial charge is 0.491 e.